The predicted molar refractivity (Wildman–Crippen MR) is 137 cm³/mol. The summed E-state index contributed by atoms with van der Waals surface area (Å²) < 4.78 is 64.6. The number of morpholine rings is 1. The fourth-order valence-corrected chi connectivity index (χ4v) is 7.59. The number of nitrogens with one attached hydrogen (secondary N) is 1. The second kappa shape index (κ2) is 11.7. The van der Waals surface area contributed by atoms with Crippen LogP contribution in [-0.4, -0.2) is 77.9 Å². The van der Waals surface area contributed by atoms with Crippen LogP contribution in [0.3, 0.4) is 0 Å². The number of carbonyl (C=O) groups is 1. The van der Waals surface area contributed by atoms with E-state index in [1.165, 1.54) is 33.9 Å². The summed E-state index contributed by atoms with van der Waals surface area (Å²) in [5.41, 5.74) is 0.769. The van der Waals surface area contributed by atoms with Gasteiger partial charge in [0.25, 0.3) is 0 Å². The van der Waals surface area contributed by atoms with Crippen LogP contribution in [0.5, 0.6) is 5.75 Å². The Labute approximate surface area is 222 Å². The molecule has 13 heteroatoms. The molecule has 0 spiro atoms. The van der Waals surface area contributed by atoms with Crippen molar-refractivity contribution in [2.75, 3.05) is 46.5 Å². The van der Waals surface area contributed by atoms with E-state index in [2.05, 4.69) is 5.32 Å². The minimum atomic E-state index is -3.74. The molecule has 0 saturated carbocycles. The number of carbonyl (C=O) groups excluding carboxylic acids is 1. The maximum absolute atomic E-state index is 13.0. The van der Waals surface area contributed by atoms with Gasteiger partial charge in [0, 0.05) is 38.6 Å². The van der Waals surface area contributed by atoms with E-state index in [9.17, 15) is 21.6 Å². The third-order valence-corrected chi connectivity index (χ3v) is 10.7. The first-order chi connectivity index (χ1) is 17.6. The van der Waals surface area contributed by atoms with E-state index >= 15 is 0 Å². The van der Waals surface area contributed by atoms with Crippen LogP contribution in [0.25, 0.3) is 0 Å². The van der Waals surface area contributed by atoms with Crippen LogP contribution in [-0.2, 0) is 36.1 Å². The second-order valence-corrected chi connectivity index (χ2v) is 13.1. The number of ether oxygens (including phenoxy) is 2. The number of sulfonamides is 2. The summed E-state index contributed by atoms with van der Waals surface area (Å²) in [5.74, 6) is -0.0780. The highest BCUT2D eigenvalue weighted by atomic mass is 35.5. The van der Waals surface area contributed by atoms with E-state index in [4.69, 9.17) is 21.1 Å². The first-order valence-electron chi connectivity index (χ1n) is 11.9. The molecule has 2 aromatic rings. The topological polar surface area (TPSA) is 122 Å². The van der Waals surface area contributed by atoms with E-state index < -0.39 is 20.0 Å². The number of hydrogen-bond donors (Lipinski definition) is 1. The number of nitrogens with zero attached hydrogens (tertiary/aromatic N) is 2. The molecule has 10 nitrogen and oxygen atoms in total. The van der Waals surface area contributed by atoms with Crippen molar-refractivity contribution < 1.29 is 31.1 Å². The Morgan fingerprint density at radius 1 is 0.946 bits per heavy atom. The summed E-state index contributed by atoms with van der Waals surface area (Å²) in [6.45, 7) is 2.10. The molecular weight excluding hydrogens is 542 g/mol. The summed E-state index contributed by atoms with van der Waals surface area (Å²) in [5, 5.41) is 3.09. The largest absolute Gasteiger partial charge is 0.495 e. The number of amides is 1. The van der Waals surface area contributed by atoms with Crippen LogP contribution in [0.1, 0.15) is 18.4 Å². The van der Waals surface area contributed by atoms with E-state index in [1.807, 2.05) is 0 Å². The summed E-state index contributed by atoms with van der Waals surface area (Å²) in [4.78, 5) is 13.0. The summed E-state index contributed by atoms with van der Waals surface area (Å²) in [6, 6.07) is 10.8. The minimum absolute atomic E-state index is 0.0836. The first-order valence-corrected chi connectivity index (χ1v) is 15.2. The van der Waals surface area contributed by atoms with Gasteiger partial charge in [-0.25, -0.2) is 16.8 Å². The molecule has 0 unspecified atom stereocenters. The standard InChI is InChI=1S/C24H30ClN3O7S2/c1-34-23-7-6-21(16-22(23)25)37(32,33)27-10-8-19(9-11-27)24(29)26-17-18-2-4-20(5-3-18)36(30,31)28-12-14-35-15-13-28/h2-7,16,19H,8-15,17H2,1H3,(H,26,29). The van der Waals surface area contributed by atoms with Gasteiger partial charge in [-0.05, 0) is 48.7 Å². The maximum Gasteiger partial charge on any atom is 0.243 e. The Morgan fingerprint density at radius 2 is 1.51 bits per heavy atom. The number of hydrogen-bond acceptors (Lipinski definition) is 7. The molecule has 0 aliphatic carbocycles. The summed E-state index contributed by atoms with van der Waals surface area (Å²) in [7, 11) is -5.85. The number of methoxy groups -OCH3 is 1. The zero-order valence-corrected chi connectivity index (χ0v) is 22.8. The molecule has 4 rings (SSSR count). The van der Waals surface area contributed by atoms with Crippen LogP contribution < -0.4 is 10.1 Å². The highest BCUT2D eigenvalue weighted by Crippen LogP contribution is 2.30. The third-order valence-electron chi connectivity index (χ3n) is 6.58. The minimum Gasteiger partial charge on any atom is -0.495 e. The molecule has 1 amide bonds. The zero-order chi connectivity index (χ0) is 26.6. The first kappa shape index (κ1) is 27.8. The van der Waals surface area contributed by atoms with Crippen molar-refractivity contribution in [1.29, 1.82) is 0 Å². The monoisotopic (exact) mass is 571 g/mol. The van der Waals surface area contributed by atoms with E-state index in [-0.39, 0.29) is 46.3 Å². The zero-order valence-electron chi connectivity index (χ0n) is 20.4. The molecule has 2 aliphatic rings. The smallest absolute Gasteiger partial charge is 0.243 e. The average Bonchev–Trinajstić information content (AvgIpc) is 2.92. The van der Waals surface area contributed by atoms with Gasteiger partial charge in [0.15, 0.2) is 0 Å². The molecule has 37 heavy (non-hydrogen) atoms. The van der Waals surface area contributed by atoms with Crippen LogP contribution >= 0.6 is 11.6 Å². The van der Waals surface area contributed by atoms with Gasteiger partial charge < -0.3 is 14.8 Å². The summed E-state index contributed by atoms with van der Waals surface area (Å²) in [6.07, 6.45) is 0.789. The normalized spacial score (nSPS) is 18.4. The van der Waals surface area contributed by atoms with Crippen molar-refractivity contribution in [3.05, 3.63) is 53.1 Å². The SMILES string of the molecule is COc1ccc(S(=O)(=O)N2CCC(C(=O)NCc3ccc(S(=O)(=O)N4CCOCC4)cc3)CC2)cc1Cl. The fourth-order valence-electron chi connectivity index (χ4n) is 4.36. The third kappa shape index (κ3) is 6.27. The van der Waals surface area contributed by atoms with Crippen LogP contribution in [0.4, 0.5) is 0 Å². The molecule has 0 atom stereocenters. The molecule has 2 fully saturated rings. The van der Waals surface area contributed by atoms with E-state index in [0.29, 0.717) is 44.9 Å². The number of piperidine rings is 1. The van der Waals surface area contributed by atoms with Crippen LogP contribution in [0.2, 0.25) is 5.02 Å². The lowest BCUT2D eigenvalue weighted by Gasteiger charge is -2.30. The molecular formula is C24H30ClN3O7S2. The Bertz CT molecular complexity index is 1320. The molecule has 2 heterocycles. The molecule has 0 bridgehead atoms. The summed E-state index contributed by atoms with van der Waals surface area (Å²) >= 11 is 6.09. The lowest BCUT2D eigenvalue weighted by molar-refractivity contribution is -0.126. The Balaban J connectivity index is 1.29. The predicted octanol–water partition coefficient (Wildman–Crippen LogP) is 2.09. The van der Waals surface area contributed by atoms with Gasteiger partial charge in [0.2, 0.25) is 26.0 Å². The van der Waals surface area contributed by atoms with Gasteiger partial charge in [0.1, 0.15) is 5.75 Å². The number of rotatable bonds is 8. The van der Waals surface area contributed by atoms with Crippen molar-refractivity contribution in [1.82, 2.24) is 13.9 Å². The van der Waals surface area contributed by atoms with Crippen molar-refractivity contribution in [3.63, 3.8) is 0 Å². The van der Waals surface area contributed by atoms with Gasteiger partial charge in [-0.15, -0.1) is 0 Å². The number of benzene rings is 2. The number of halogens is 1. The van der Waals surface area contributed by atoms with Crippen LogP contribution in [0, 0.1) is 5.92 Å². The lowest BCUT2D eigenvalue weighted by Crippen LogP contribution is -2.42. The maximum atomic E-state index is 13.0. The molecule has 2 saturated heterocycles. The Kier molecular flexibility index (Phi) is 8.77. The Hall–Kier alpha value is -2.22. The molecule has 0 radical (unpaired) electrons. The van der Waals surface area contributed by atoms with Crippen molar-refractivity contribution in [2.24, 2.45) is 5.92 Å². The van der Waals surface area contributed by atoms with Crippen LogP contribution in [0.15, 0.2) is 52.3 Å². The molecule has 2 aliphatic heterocycles. The van der Waals surface area contributed by atoms with E-state index in [1.54, 1.807) is 24.3 Å². The average molecular weight is 572 g/mol. The van der Waals surface area contributed by atoms with Crippen molar-refractivity contribution >= 4 is 37.6 Å². The van der Waals surface area contributed by atoms with Gasteiger partial charge in [-0.1, -0.05) is 23.7 Å². The quantitative estimate of drug-likeness (QED) is 0.515. The highest BCUT2D eigenvalue weighted by molar-refractivity contribution is 7.89. The van der Waals surface area contributed by atoms with Gasteiger partial charge in [-0.2, -0.15) is 8.61 Å². The highest BCUT2D eigenvalue weighted by Gasteiger charge is 2.32. The van der Waals surface area contributed by atoms with Crippen molar-refractivity contribution in [3.8, 4) is 5.75 Å². The van der Waals surface area contributed by atoms with Gasteiger partial charge in [0.05, 0.1) is 35.1 Å². The second-order valence-electron chi connectivity index (χ2n) is 8.85. The molecule has 2 aromatic carbocycles. The van der Waals surface area contributed by atoms with Crippen molar-refractivity contribution in [2.45, 2.75) is 29.2 Å². The van der Waals surface area contributed by atoms with E-state index in [0.717, 1.165) is 5.56 Å². The molecule has 202 valence electrons. The fraction of sp³-hybridized carbons (Fsp3) is 0.458. The van der Waals surface area contributed by atoms with Gasteiger partial charge >= 0.3 is 0 Å². The molecule has 0 aromatic heterocycles. The lowest BCUT2D eigenvalue weighted by atomic mass is 9.97. The van der Waals surface area contributed by atoms with Gasteiger partial charge in [-0.3, -0.25) is 4.79 Å². The Morgan fingerprint density at radius 3 is 2.11 bits per heavy atom. The molecule has 1 N–H and O–H groups in total.